The first-order valence-corrected chi connectivity index (χ1v) is 4.66. The molecule has 1 saturated heterocycles. The molecule has 5 nitrogen and oxygen atoms in total. The summed E-state index contributed by atoms with van der Waals surface area (Å²) in [6, 6.07) is 0. The molecule has 0 aromatic heterocycles. The molecule has 1 heterocycles. The zero-order valence-electron chi connectivity index (χ0n) is 8.56. The molecule has 80 valence electrons. The third-order valence-electron chi connectivity index (χ3n) is 2.48. The number of nitrogens with zero attached hydrogens (tertiary/aromatic N) is 2. The fourth-order valence-corrected chi connectivity index (χ4v) is 1.51. The van der Waals surface area contributed by atoms with Crippen molar-refractivity contribution in [2.45, 2.75) is 6.42 Å². The maximum Gasteiger partial charge on any atom is 0.307 e. The fraction of sp³-hybridized carbons (Fsp3) is 0.778. The second kappa shape index (κ2) is 4.41. The number of carboxylic acid groups (broad SMARTS) is 1. The van der Waals surface area contributed by atoms with Crippen LogP contribution in [0.2, 0.25) is 0 Å². The molecule has 1 amide bonds. The van der Waals surface area contributed by atoms with E-state index in [2.05, 4.69) is 0 Å². The Morgan fingerprint density at radius 2 is 2.14 bits per heavy atom. The van der Waals surface area contributed by atoms with E-state index in [-0.39, 0.29) is 11.8 Å². The summed E-state index contributed by atoms with van der Waals surface area (Å²) >= 11 is 0. The predicted molar refractivity (Wildman–Crippen MR) is 50.9 cm³/mol. The Morgan fingerprint density at radius 1 is 1.50 bits per heavy atom. The molecule has 0 saturated carbocycles. The molecule has 0 unspecified atom stereocenters. The van der Waals surface area contributed by atoms with Crippen molar-refractivity contribution in [3.8, 4) is 0 Å². The van der Waals surface area contributed by atoms with Crippen LogP contribution in [0.1, 0.15) is 6.42 Å². The Labute approximate surface area is 83.3 Å². The minimum absolute atomic E-state index is 0.0241. The predicted octanol–water partition coefficient (Wildman–Crippen LogP) is -0.519. The molecule has 14 heavy (non-hydrogen) atoms. The van der Waals surface area contributed by atoms with Gasteiger partial charge in [-0.15, -0.1) is 0 Å². The first-order chi connectivity index (χ1) is 6.50. The molecule has 0 spiro atoms. The number of carbonyl (C=O) groups excluding carboxylic acids is 1. The lowest BCUT2D eigenvalue weighted by molar-refractivity contribution is -0.141. The summed E-state index contributed by atoms with van der Waals surface area (Å²) in [4.78, 5) is 25.4. The van der Waals surface area contributed by atoms with Crippen molar-refractivity contribution in [3.05, 3.63) is 0 Å². The van der Waals surface area contributed by atoms with Gasteiger partial charge in [0, 0.05) is 20.6 Å². The molecule has 0 aliphatic carbocycles. The standard InChI is InChI=1S/C9H16N2O3/c1-10(2)8(12)6-11-4-3-7(5-11)9(13)14/h7H,3-6H2,1-2H3,(H,13,14)/t7-/m1/s1. The minimum Gasteiger partial charge on any atom is -0.481 e. The number of likely N-dealkylation sites (N-methyl/N-ethyl adjacent to an activating group) is 1. The number of hydrogen-bond donors (Lipinski definition) is 1. The van der Waals surface area contributed by atoms with Crippen molar-refractivity contribution in [2.75, 3.05) is 33.7 Å². The van der Waals surface area contributed by atoms with Crippen LogP contribution < -0.4 is 0 Å². The maximum atomic E-state index is 11.3. The van der Waals surface area contributed by atoms with Crippen LogP contribution in [0.15, 0.2) is 0 Å². The Morgan fingerprint density at radius 3 is 2.57 bits per heavy atom. The number of rotatable bonds is 3. The fourth-order valence-electron chi connectivity index (χ4n) is 1.51. The van der Waals surface area contributed by atoms with Crippen molar-refractivity contribution in [2.24, 2.45) is 5.92 Å². The second-order valence-electron chi connectivity index (χ2n) is 3.85. The largest absolute Gasteiger partial charge is 0.481 e. The van der Waals surface area contributed by atoms with Gasteiger partial charge in [-0.2, -0.15) is 0 Å². The molecule has 1 atom stereocenters. The van der Waals surface area contributed by atoms with Crippen molar-refractivity contribution in [3.63, 3.8) is 0 Å². The van der Waals surface area contributed by atoms with Gasteiger partial charge in [0.1, 0.15) is 0 Å². The van der Waals surface area contributed by atoms with Crippen LogP contribution in [-0.4, -0.2) is 60.5 Å². The van der Waals surface area contributed by atoms with E-state index in [9.17, 15) is 9.59 Å². The van der Waals surface area contributed by atoms with Gasteiger partial charge in [-0.05, 0) is 13.0 Å². The molecule has 0 bridgehead atoms. The Bertz CT molecular complexity index is 240. The Kier molecular flexibility index (Phi) is 3.46. The molecule has 5 heteroatoms. The quantitative estimate of drug-likeness (QED) is 0.666. The molecule has 1 rings (SSSR count). The number of carboxylic acids is 1. The summed E-state index contributed by atoms with van der Waals surface area (Å²) < 4.78 is 0. The summed E-state index contributed by atoms with van der Waals surface area (Å²) in [5.41, 5.74) is 0. The molecule has 0 aromatic rings. The van der Waals surface area contributed by atoms with Gasteiger partial charge in [0.15, 0.2) is 0 Å². The first kappa shape index (κ1) is 11.0. The van der Waals surface area contributed by atoms with Crippen molar-refractivity contribution in [1.29, 1.82) is 0 Å². The van der Waals surface area contributed by atoms with Crippen molar-refractivity contribution in [1.82, 2.24) is 9.80 Å². The van der Waals surface area contributed by atoms with Crippen molar-refractivity contribution >= 4 is 11.9 Å². The minimum atomic E-state index is -0.759. The molecule has 1 aliphatic heterocycles. The van der Waals surface area contributed by atoms with Crippen LogP contribution in [-0.2, 0) is 9.59 Å². The SMILES string of the molecule is CN(C)C(=O)CN1CC[C@@H](C(=O)O)C1. The lowest BCUT2D eigenvalue weighted by Crippen LogP contribution is -2.35. The highest BCUT2D eigenvalue weighted by Gasteiger charge is 2.28. The monoisotopic (exact) mass is 200 g/mol. The van der Waals surface area contributed by atoms with Crippen molar-refractivity contribution < 1.29 is 14.7 Å². The van der Waals surface area contributed by atoms with E-state index < -0.39 is 5.97 Å². The van der Waals surface area contributed by atoms with Gasteiger partial charge >= 0.3 is 5.97 Å². The average Bonchev–Trinajstić information content (AvgIpc) is 2.52. The third kappa shape index (κ3) is 2.70. The summed E-state index contributed by atoms with van der Waals surface area (Å²) in [5, 5.41) is 8.75. The molecule has 1 N–H and O–H groups in total. The summed E-state index contributed by atoms with van der Waals surface area (Å²) in [6.07, 6.45) is 0.649. The van der Waals surface area contributed by atoms with E-state index in [1.807, 2.05) is 4.90 Å². The number of hydrogen-bond acceptors (Lipinski definition) is 3. The summed E-state index contributed by atoms with van der Waals surface area (Å²) in [6.45, 7) is 1.53. The highest BCUT2D eigenvalue weighted by atomic mass is 16.4. The zero-order valence-corrected chi connectivity index (χ0v) is 8.56. The second-order valence-corrected chi connectivity index (χ2v) is 3.85. The molecule has 0 aromatic carbocycles. The molecule has 1 aliphatic rings. The van der Waals surface area contributed by atoms with E-state index in [1.54, 1.807) is 14.1 Å². The number of amides is 1. The number of carbonyl (C=O) groups is 2. The van der Waals surface area contributed by atoms with Crippen LogP contribution >= 0.6 is 0 Å². The lowest BCUT2D eigenvalue weighted by atomic mass is 10.1. The molecular weight excluding hydrogens is 184 g/mol. The topological polar surface area (TPSA) is 60.9 Å². The van der Waals surface area contributed by atoms with E-state index in [4.69, 9.17) is 5.11 Å². The first-order valence-electron chi connectivity index (χ1n) is 4.66. The van der Waals surface area contributed by atoms with Gasteiger partial charge < -0.3 is 10.0 Å². The van der Waals surface area contributed by atoms with Crippen LogP contribution in [0.5, 0.6) is 0 Å². The average molecular weight is 200 g/mol. The van der Waals surface area contributed by atoms with Crippen LogP contribution in [0.3, 0.4) is 0 Å². The normalized spacial score (nSPS) is 22.3. The Hall–Kier alpha value is -1.10. The van der Waals surface area contributed by atoms with Gasteiger partial charge in [0.05, 0.1) is 12.5 Å². The van der Waals surface area contributed by atoms with E-state index in [0.717, 1.165) is 0 Å². The third-order valence-corrected chi connectivity index (χ3v) is 2.48. The Balaban J connectivity index is 2.36. The lowest BCUT2D eigenvalue weighted by Gasteiger charge is -2.17. The number of aliphatic carboxylic acids is 1. The van der Waals surface area contributed by atoms with Crippen LogP contribution in [0, 0.1) is 5.92 Å². The van der Waals surface area contributed by atoms with Gasteiger partial charge in [0.2, 0.25) is 5.91 Å². The van der Waals surface area contributed by atoms with Crippen LogP contribution in [0.25, 0.3) is 0 Å². The smallest absolute Gasteiger partial charge is 0.307 e. The highest BCUT2D eigenvalue weighted by Crippen LogP contribution is 2.15. The van der Waals surface area contributed by atoms with Gasteiger partial charge in [-0.25, -0.2) is 0 Å². The number of likely N-dealkylation sites (tertiary alicyclic amines) is 1. The molecular formula is C9H16N2O3. The van der Waals surface area contributed by atoms with E-state index in [1.165, 1.54) is 4.90 Å². The van der Waals surface area contributed by atoms with Gasteiger partial charge in [-0.3, -0.25) is 14.5 Å². The highest BCUT2D eigenvalue weighted by molar-refractivity contribution is 5.78. The molecule has 1 fully saturated rings. The van der Waals surface area contributed by atoms with E-state index >= 15 is 0 Å². The zero-order chi connectivity index (χ0) is 10.7. The maximum absolute atomic E-state index is 11.3. The molecule has 0 radical (unpaired) electrons. The van der Waals surface area contributed by atoms with Gasteiger partial charge in [-0.1, -0.05) is 0 Å². The summed E-state index contributed by atoms with van der Waals surface area (Å²) in [7, 11) is 3.40. The van der Waals surface area contributed by atoms with Gasteiger partial charge in [0.25, 0.3) is 0 Å². The van der Waals surface area contributed by atoms with Crippen LogP contribution in [0.4, 0.5) is 0 Å². The van der Waals surface area contributed by atoms with E-state index in [0.29, 0.717) is 26.1 Å². The summed E-state index contributed by atoms with van der Waals surface area (Å²) in [5.74, 6) is -1.04.